The third-order valence-electron chi connectivity index (χ3n) is 4.18. The molecule has 0 aliphatic rings. The maximum atomic E-state index is 13.5. The number of non-ortho nitro benzene ring substituents is 1. The standard InChI is InChI=1S/C18H17FN6O4S/c1-11(23-10-30(28,29)14-5-3-13(4-6-14)25(26)27)24-17(20-2)16-9-22-18-15(16)7-12(19)8-21-18/h3-9,11,23H,2,10H2,1H3,(H,21,22)/b24-17-. The van der Waals surface area contributed by atoms with E-state index in [1.54, 1.807) is 13.1 Å². The zero-order chi connectivity index (χ0) is 21.9. The lowest BCUT2D eigenvalue weighted by Crippen LogP contribution is -2.31. The smallest absolute Gasteiger partial charge is 0.269 e. The molecule has 0 radical (unpaired) electrons. The summed E-state index contributed by atoms with van der Waals surface area (Å²) in [5, 5.41) is 13.9. The number of nitro benzene ring substituents is 1. The zero-order valence-electron chi connectivity index (χ0n) is 15.7. The van der Waals surface area contributed by atoms with Crippen molar-refractivity contribution in [1.82, 2.24) is 15.3 Å². The van der Waals surface area contributed by atoms with E-state index in [4.69, 9.17) is 0 Å². The van der Waals surface area contributed by atoms with Crippen LogP contribution in [0.5, 0.6) is 0 Å². The molecule has 2 aromatic heterocycles. The molecule has 3 rings (SSSR count). The number of rotatable bonds is 7. The summed E-state index contributed by atoms with van der Waals surface area (Å²) in [5.74, 6) is -0.794. The number of hydrogen-bond acceptors (Lipinski definition) is 7. The number of benzene rings is 1. The third kappa shape index (κ3) is 4.55. The highest BCUT2D eigenvalue weighted by atomic mass is 32.2. The third-order valence-corrected chi connectivity index (χ3v) is 5.72. The van der Waals surface area contributed by atoms with Gasteiger partial charge in [0.2, 0.25) is 0 Å². The van der Waals surface area contributed by atoms with Crippen LogP contribution in [-0.2, 0) is 9.84 Å². The van der Waals surface area contributed by atoms with Crippen molar-refractivity contribution in [2.24, 2.45) is 9.98 Å². The molecule has 1 unspecified atom stereocenters. The molecule has 0 saturated heterocycles. The van der Waals surface area contributed by atoms with E-state index in [0.717, 1.165) is 18.3 Å². The first kappa shape index (κ1) is 21.2. The van der Waals surface area contributed by atoms with E-state index in [0.29, 0.717) is 16.6 Å². The Labute approximate surface area is 170 Å². The van der Waals surface area contributed by atoms with Gasteiger partial charge in [0.25, 0.3) is 5.69 Å². The molecule has 1 atom stereocenters. The summed E-state index contributed by atoms with van der Waals surface area (Å²) in [6.45, 7) is 5.08. The number of pyridine rings is 1. The van der Waals surface area contributed by atoms with Gasteiger partial charge in [0, 0.05) is 29.3 Å². The number of hydrogen-bond donors (Lipinski definition) is 2. The van der Waals surface area contributed by atoms with E-state index in [2.05, 4.69) is 32.0 Å². The molecule has 1 aromatic carbocycles. The summed E-state index contributed by atoms with van der Waals surface area (Å²) < 4.78 is 38.4. The number of H-pyrrole nitrogens is 1. The van der Waals surface area contributed by atoms with Gasteiger partial charge in [0.15, 0.2) is 15.7 Å². The molecule has 3 aromatic rings. The Morgan fingerprint density at radius 1 is 1.40 bits per heavy atom. The van der Waals surface area contributed by atoms with Gasteiger partial charge in [-0.2, -0.15) is 0 Å². The fraction of sp³-hybridized carbons (Fsp3) is 0.167. The number of nitrogens with one attached hydrogen (secondary N) is 2. The predicted octanol–water partition coefficient (Wildman–Crippen LogP) is 2.42. The number of nitrogens with zero attached hydrogens (tertiary/aromatic N) is 4. The SMILES string of the molecule is C=N/C(=N\C(C)NCS(=O)(=O)c1ccc([N+](=O)[O-])cc1)c1c[nH]c2ncc(F)cc12. The highest BCUT2D eigenvalue weighted by Gasteiger charge is 2.18. The molecule has 0 aliphatic carbocycles. The van der Waals surface area contributed by atoms with Crippen molar-refractivity contribution in [3.63, 3.8) is 0 Å². The zero-order valence-corrected chi connectivity index (χ0v) is 16.6. The summed E-state index contributed by atoms with van der Waals surface area (Å²) in [5.41, 5.74) is 0.717. The number of halogens is 1. The lowest BCUT2D eigenvalue weighted by atomic mass is 10.2. The Morgan fingerprint density at radius 2 is 2.10 bits per heavy atom. The fourth-order valence-electron chi connectivity index (χ4n) is 2.68. The molecule has 0 bridgehead atoms. The van der Waals surface area contributed by atoms with Gasteiger partial charge in [-0.1, -0.05) is 0 Å². The van der Waals surface area contributed by atoms with Crippen LogP contribution in [0.15, 0.2) is 57.6 Å². The Balaban J connectivity index is 1.76. The number of fused-ring (bicyclic) bond motifs is 1. The number of sulfone groups is 1. The fourth-order valence-corrected chi connectivity index (χ4v) is 3.85. The van der Waals surface area contributed by atoms with Gasteiger partial charge in [-0.15, -0.1) is 0 Å². The molecule has 0 saturated carbocycles. The molecule has 2 N–H and O–H groups in total. The van der Waals surface area contributed by atoms with Gasteiger partial charge in [-0.05, 0) is 31.8 Å². The van der Waals surface area contributed by atoms with Crippen LogP contribution in [0.4, 0.5) is 10.1 Å². The summed E-state index contributed by atoms with van der Waals surface area (Å²) in [6, 6.07) is 5.88. The van der Waals surface area contributed by atoms with E-state index < -0.39 is 32.6 Å². The van der Waals surface area contributed by atoms with Crippen LogP contribution in [0.3, 0.4) is 0 Å². The first-order valence-electron chi connectivity index (χ1n) is 8.59. The summed E-state index contributed by atoms with van der Waals surface area (Å²) in [4.78, 5) is 25.0. The van der Waals surface area contributed by atoms with E-state index in [9.17, 15) is 22.9 Å². The minimum atomic E-state index is -3.75. The largest absolute Gasteiger partial charge is 0.345 e. The minimum absolute atomic E-state index is 0.0583. The van der Waals surface area contributed by atoms with Crippen LogP contribution >= 0.6 is 0 Å². The molecular weight excluding hydrogens is 415 g/mol. The highest BCUT2D eigenvalue weighted by Crippen LogP contribution is 2.19. The molecule has 2 heterocycles. The number of aliphatic imine (C=N–C) groups is 2. The van der Waals surface area contributed by atoms with Gasteiger partial charge >= 0.3 is 0 Å². The molecule has 0 aliphatic heterocycles. The van der Waals surface area contributed by atoms with Crippen LogP contribution in [-0.4, -0.2) is 47.9 Å². The molecule has 0 fully saturated rings. The average molecular weight is 432 g/mol. The van der Waals surface area contributed by atoms with Crippen molar-refractivity contribution >= 4 is 39.1 Å². The number of amidine groups is 1. The summed E-state index contributed by atoms with van der Waals surface area (Å²) in [6.07, 6.45) is 1.96. The van der Waals surface area contributed by atoms with E-state index in [1.165, 1.54) is 18.2 Å². The van der Waals surface area contributed by atoms with Crippen LogP contribution in [0.25, 0.3) is 11.0 Å². The second-order valence-corrected chi connectivity index (χ2v) is 8.24. The van der Waals surface area contributed by atoms with Gasteiger partial charge in [-0.25, -0.2) is 27.8 Å². The van der Waals surface area contributed by atoms with Crippen molar-refractivity contribution in [3.8, 4) is 0 Å². The number of aromatic nitrogens is 2. The number of nitro groups is 1. The van der Waals surface area contributed by atoms with Crippen LogP contribution < -0.4 is 5.32 Å². The van der Waals surface area contributed by atoms with Gasteiger partial charge in [0.05, 0.1) is 22.2 Å². The first-order valence-corrected chi connectivity index (χ1v) is 10.2. The minimum Gasteiger partial charge on any atom is -0.345 e. The maximum absolute atomic E-state index is 13.5. The topological polar surface area (TPSA) is 143 Å². The molecule has 30 heavy (non-hydrogen) atoms. The lowest BCUT2D eigenvalue weighted by molar-refractivity contribution is -0.384. The normalized spacial score (nSPS) is 13.3. The summed E-state index contributed by atoms with van der Waals surface area (Å²) >= 11 is 0. The predicted molar refractivity (Wildman–Crippen MR) is 110 cm³/mol. The molecule has 10 nitrogen and oxygen atoms in total. The quantitative estimate of drug-likeness (QED) is 0.254. The van der Waals surface area contributed by atoms with Crippen molar-refractivity contribution in [2.75, 3.05) is 5.88 Å². The monoisotopic (exact) mass is 432 g/mol. The van der Waals surface area contributed by atoms with E-state index >= 15 is 0 Å². The number of aromatic amines is 1. The molecule has 0 spiro atoms. The van der Waals surface area contributed by atoms with Crippen molar-refractivity contribution in [3.05, 3.63) is 64.2 Å². The highest BCUT2D eigenvalue weighted by molar-refractivity contribution is 7.91. The Morgan fingerprint density at radius 3 is 2.73 bits per heavy atom. The molecule has 12 heteroatoms. The second-order valence-electron chi connectivity index (χ2n) is 6.25. The Hall–Kier alpha value is -3.51. The Bertz CT molecular complexity index is 1240. The van der Waals surface area contributed by atoms with Crippen molar-refractivity contribution in [1.29, 1.82) is 0 Å². The van der Waals surface area contributed by atoms with Crippen LogP contribution in [0.1, 0.15) is 12.5 Å². The van der Waals surface area contributed by atoms with Crippen molar-refractivity contribution in [2.45, 2.75) is 18.0 Å². The van der Waals surface area contributed by atoms with Crippen molar-refractivity contribution < 1.29 is 17.7 Å². The average Bonchev–Trinajstić information content (AvgIpc) is 3.13. The molecular formula is C18H17FN6O4S. The van der Waals surface area contributed by atoms with Gasteiger partial charge < -0.3 is 4.98 Å². The second kappa shape index (κ2) is 8.47. The van der Waals surface area contributed by atoms with Gasteiger partial charge in [-0.3, -0.25) is 15.4 Å². The molecule has 156 valence electrons. The van der Waals surface area contributed by atoms with Crippen LogP contribution in [0.2, 0.25) is 0 Å². The lowest BCUT2D eigenvalue weighted by Gasteiger charge is -2.11. The molecule has 0 amide bonds. The Kier molecular flexibility index (Phi) is 5.99. The summed E-state index contributed by atoms with van der Waals surface area (Å²) in [7, 11) is -3.75. The first-order chi connectivity index (χ1) is 14.2. The maximum Gasteiger partial charge on any atom is 0.269 e. The van der Waals surface area contributed by atoms with E-state index in [1.807, 2.05) is 0 Å². The van der Waals surface area contributed by atoms with Crippen LogP contribution in [0, 0.1) is 15.9 Å². The van der Waals surface area contributed by atoms with Gasteiger partial charge in [0.1, 0.15) is 17.3 Å². The van der Waals surface area contributed by atoms with E-state index in [-0.39, 0.29) is 16.4 Å².